The zero-order valence-electron chi connectivity index (χ0n) is 13.4. The molecule has 0 aromatic carbocycles. The lowest BCUT2D eigenvalue weighted by molar-refractivity contribution is -0.122. The normalized spacial score (nSPS) is 11.4. The van der Waals surface area contributed by atoms with Crippen molar-refractivity contribution in [3.8, 4) is 0 Å². The molecule has 3 amide bonds. The van der Waals surface area contributed by atoms with E-state index in [2.05, 4.69) is 25.9 Å². The van der Waals surface area contributed by atoms with Crippen LogP contribution in [0.1, 0.15) is 13.8 Å². The number of likely N-dealkylation sites (N-methyl/N-ethyl adjacent to an activating group) is 1. The number of carbonyl (C=O) groups is 2. The first kappa shape index (κ1) is 17.7. The Labute approximate surface area is 144 Å². The number of nitrogens with one attached hydrogen (secondary N) is 3. The van der Waals surface area contributed by atoms with Gasteiger partial charge in [-0.25, -0.2) is 14.8 Å². The summed E-state index contributed by atoms with van der Waals surface area (Å²) in [6, 6.07) is 7.98. The molecular formula is C16H19N5O2S. The minimum Gasteiger partial charge on any atom is -0.355 e. The molecule has 0 aliphatic carbocycles. The summed E-state index contributed by atoms with van der Waals surface area (Å²) >= 11 is 1.40. The van der Waals surface area contributed by atoms with Crippen LogP contribution in [-0.4, -0.2) is 34.5 Å². The first-order valence-corrected chi connectivity index (χ1v) is 8.30. The summed E-state index contributed by atoms with van der Waals surface area (Å²) < 4.78 is 0. The summed E-state index contributed by atoms with van der Waals surface area (Å²) in [7, 11) is 0. The van der Waals surface area contributed by atoms with Gasteiger partial charge in [-0.05, 0) is 38.1 Å². The van der Waals surface area contributed by atoms with E-state index in [1.165, 1.54) is 11.8 Å². The maximum atomic E-state index is 12.0. The number of amides is 3. The highest BCUT2D eigenvalue weighted by Gasteiger charge is 2.14. The van der Waals surface area contributed by atoms with Gasteiger partial charge in [0, 0.05) is 24.6 Å². The number of anilines is 1. The maximum Gasteiger partial charge on any atom is 0.319 e. The van der Waals surface area contributed by atoms with Crippen LogP contribution in [0.2, 0.25) is 0 Å². The molecule has 0 saturated heterocycles. The van der Waals surface area contributed by atoms with Gasteiger partial charge >= 0.3 is 6.03 Å². The Balaban J connectivity index is 1.94. The first-order chi connectivity index (χ1) is 11.6. The SMILES string of the molecule is CCNC(=O)[C@@H](C)NC(=O)Nc1ccnc(Sc2ccccn2)c1. The Hall–Kier alpha value is -2.61. The van der Waals surface area contributed by atoms with Gasteiger partial charge in [-0.15, -0.1) is 0 Å². The molecule has 0 bridgehead atoms. The molecule has 126 valence electrons. The molecule has 0 spiro atoms. The third-order valence-corrected chi connectivity index (χ3v) is 3.81. The minimum absolute atomic E-state index is 0.228. The topological polar surface area (TPSA) is 96.0 Å². The monoisotopic (exact) mass is 345 g/mol. The van der Waals surface area contributed by atoms with Crippen LogP contribution in [0.15, 0.2) is 52.8 Å². The van der Waals surface area contributed by atoms with Gasteiger partial charge < -0.3 is 16.0 Å². The van der Waals surface area contributed by atoms with E-state index in [1.807, 2.05) is 25.1 Å². The third kappa shape index (κ3) is 5.54. The van der Waals surface area contributed by atoms with Crippen LogP contribution in [0, 0.1) is 0 Å². The van der Waals surface area contributed by atoms with Gasteiger partial charge in [-0.2, -0.15) is 0 Å². The summed E-state index contributed by atoms with van der Waals surface area (Å²) in [5, 5.41) is 9.45. The second-order valence-corrected chi connectivity index (χ2v) is 5.91. The smallest absolute Gasteiger partial charge is 0.319 e. The van der Waals surface area contributed by atoms with E-state index >= 15 is 0 Å². The quantitative estimate of drug-likeness (QED) is 0.746. The minimum atomic E-state index is -0.617. The van der Waals surface area contributed by atoms with E-state index in [1.54, 1.807) is 31.5 Å². The van der Waals surface area contributed by atoms with Crippen LogP contribution in [-0.2, 0) is 4.79 Å². The van der Waals surface area contributed by atoms with Crippen LogP contribution in [0.4, 0.5) is 10.5 Å². The molecule has 1 atom stereocenters. The van der Waals surface area contributed by atoms with Gasteiger partial charge in [0.15, 0.2) is 0 Å². The fourth-order valence-corrected chi connectivity index (χ4v) is 2.59. The standard InChI is InChI=1S/C16H19N5O2S/c1-3-17-15(22)11(2)20-16(23)21-12-7-9-19-14(10-12)24-13-6-4-5-8-18-13/h4-11H,3H2,1-2H3,(H,17,22)(H2,19,20,21,23)/t11-/m1/s1. The Morgan fingerprint density at radius 1 is 1.17 bits per heavy atom. The highest BCUT2D eigenvalue weighted by molar-refractivity contribution is 7.99. The van der Waals surface area contributed by atoms with Crippen molar-refractivity contribution >= 4 is 29.4 Å². The molecule has 0 fully saturated rings. The van der Waals surface area contributed by atoms with Crippen molar-refractivity contribution in [1.29, 1.82) is 0 Å². The van der Waals surface area contributed by atoms with Gasteiger partial charge in [0.2, 0.25) is 5.91 Å². The first-order valence-electron chi connectivity index (χ1n) is 7.48. The van der Waals surface area contributed by atoms with E-state index < -0.39 is 12.1 Å². The molecule has 2 aromatic heterocycles. The largest absolute Gasteiger partial charge is 0.355 e. The number of urea groups is 1. The maximum absolute atomic E-state index is 12.0. The predicted octanol–water partition coefficient (Wildman–Crippen LogP) is 2.27. The fraction of sp³-hybridized carbons (Fsp3) is 0.250. The number of hydrogen-bond acceptors (Lipinski definition) is 5. The lowest BCUT2D eigenvalue weighted by Gasteiger charge is -2.14. The van der Waals surface area contributed by atoms with E-state index in [4.69, 9.17) is 0 Å². The number of rotatable bonds is 6. The van der Waals surface area contributed by atoms with Crippen molar-refractivity contribution in [3.63, 3.8) is 0 Å². The van der Waals surface area contributed by atoms with Crippen molar-refractivity contribution in [2.75, 3.05) is 11.9 Å². The van der Waals surface area contributed by atoms with E-state index in [0.29, 0.717) is 17.3 Å². The van der Waals surface area contributed by atoms with Gasteiger partial charge in [-0.1, -0.05) is 17.8 Å². The van der Waals surface area contributed by atoms with E-state index in [0.717, 1.165) is 5.03 Å². The Kier molecular flexibility index (Phi) is 6.56. The molecular weight excluding hydrogens is 326 g/mol. The van der Waals surface area contributed by atoms with Crippen molar-refractivity contribution in [3.05, 3.63) is 42.7 Å². The molecule has 2 rings (SSSR count). The van der Waals surface area contributed by atoms with Gasteiger partial charge in [0.05, 0.1) is 0 Å². The molecule has 2 aromatic rings. The number of pyridine rings is 2. The van der Waals surface area contributed by atoms with Crippen molar-refractivity contribution in [2.45, 2.75) is 29.9 Å². The summed E-state index contributed by atoms with van der Waals surface area (Å²) in [4.78, 5) is 32.0. The van der Waals surface area contributed by atoms with Crippen LogP contribution >= 0.6 is 11.8 Å². The summed E-state index contributed by atoms with van der Waals surface area (Å²) in [6.45, 7) is 3.97. The van der Waals surface area contributed by atoms with Crippen molar-refractivity contribution < 1.29 is 9.59 Å². The number of nitrogens with zero attached hydrogens (tertiary/aromatic N) is 2. The molecule has 0 unspecified atom stereocenters. The Morgan fingerprint density at radius 3 is 2.67 bits per heavy atom. The molecule has 7 nitrogen and oxygen atoms in total. The van der Waals surface area contributed by atoms with Gasteiger partial charge in [-0.3, -0.25) is 4.79 Å². The van der Waals surface area contributed by atoms with Gasteiger partial charge in [0.25, 0.3) is 0 Å². The fourth-order valence-electron chi connectivity index (χ4n) is 1.81. The molecule has 24 heavy (non-hydrogen) atoms. The molecule has 0 saturated carbocycles. The molecule has 0 aliphatic heterocycles. The summed E-state index contributed by atoms with van der Waals surface area (Å²) in [5.41, 5.74) is 0.587. The molecule has 8 heteroatoms. The highest BCUT2D eigenvalue weighted by Crippen LogP contribution is 2.25. The third-order valence-electron chi connectivity index (χ3n) is 2.93. The van der Waals surface area contributed by atoms with Crippen molar-refractivity contribution in [1.82, 2.24) is 20.6 Å². The lowest BCUT2D eigenvalue weighted by Crippen LogP contribution is -2.46. The van der Waals surface area contributed by atoms with E-state index in [9.17, 15) is 9.59 Å². The summed E-state index contributed by atoms with van der Waals surface area (Å²) in [5.74, 6) is -0.228. The second-order valence-electron chi connectivity index (χ2n) is 4.87. The van der Waals surface area contributed by atoms with Crippen LogP contribution in [0.25, 0.3) is 0 Å². The molecule has 2 heterocycles. The number of hydrogen-bond donors (Lipinski definition) is 3. The van der Waals surface area contributed by atoms with Crippen LogP contribution in [0.5, 0.6) is 0 Å². The predicted molar refractivity (Wildman–Crippen MR) is 92.9 cm³/mol. The average Bonchev–Trinajstić information content (AvgIpc) is 2.56. The molecule has 0 aliphatic rings. The second kappa shape index (κ2) is 8.88. The number of carbonyl (C=O) groups excluding carboxylic acids is 2. The molecule has 0 radical (unpaired) electrons. The van der Waals surface area contributed by atoms with E-state index in [-0.39, 0.29) is 5.91 Å². The lowest BCUT2D eigenvalue weighted by atomic mass is 10.3. The average molecular weight is 345 g/mol. The van der Waals surface area contributed by atoms with Gasteiger partial charge in [0.1, 0.15) is 16.1 Å². The highest BCUT2D eigenvalue weighted by atomic mass is 32.2. The van der Waals surface area contributed by atoms with Crippen LogP contribution < -0.4 is 16.0 Å². The van der Waals surface area contributed by atoms with Crippen LogP contribution in [0.3, 0.4) is 0 Å². The summed E-state index contributed by atoms with van der Waals surface area (Å²) in [6.07, 6.45) is 3.31. The zero-order valence-corrected chi connectivity index (χ0v) is 14.3. The Morgan fingerprint density at radius 2 is 1.96 bits per heavy atom. The molecule has 3 N–H and O–H groups in total. The van der Waals surface area contributed by atoms with Crippen molar-refractivity contribution in [2.24, 2.45) is 0 Å². The number of aromatic nitrogens is 2. The Bertz CT molecular complexity index is 696. The zero-order chi connectivity index (χ0) is 17.4.